The van der Waals surface area contributed by atoms with Gasteiger partial charge in [0.05, 0.1) is 12.6 Å². The van der Waals surface area contributed by atoms with Crippen LogP contribution in [0.25, 0.3) is 0 Å². The number of nitrogens with zero attached hydrogens (tertiary/aromatic N) is 2. The number of rotatable bonds is 3. The van der Waals surface area contributed by atoms with Crippen LogP contribution >= 0.6 is 0 Å². The molecule has 1 atom stereocenters. The van der Waals surface area contributed by atoms with Crippen molar-refractivity contribution in [3.05, 3.63) is 0 Å². The maximum absolute atomic E-state index is 5.69. The van der Waals surface area contributed by atoms with E-state index in [1.807, 2.05) is 0 Å². The zero-order valence-electron chi connectivity index (χ0n) is 10.5. The molecule has 0 saturated heterocycles. The monoisotopic (exact) mass is 224 g/mol. The first-order valence-corrected chi connectivity index (χ1v) is 5.90. The van der Waals surface area contributed by atoms with E-state index in [4.69, 9.17) is 9.47 Å². The summed E-state index contributed by atoms with van der Waals surface area (Å²) in [6.45, 7) is 10.6. The molecule has 2 aliphatic rings. The first-order chi connectivity index (χ1) is 7.51. The maximum Gasteiger partial charge on any atom is 0.199 e. The number of hydrogen-bond acceptors (Lipinski definition) is 4. The van der Waals surface area contributed by atoms with E-state index in [1.165, 1.54) is 0 Å². The summed E-state index contributed by atoms with van der Waals surface area (Å²) >= 11 is 0. The zero-order chi connectivity index (χ0) is 11.8. The third kappa shape index (κ3) is 1.93. The van der Waals surface area contributed by atoms with Gasteiger partial charge < -0.3 is 9.47 Å². The molecular formula is C12H20N2O2. The Bertz CT molecular complexity index is 332. The summed E-state index contributed by atoms with van der Waals surface area (Å²) in [6.07, 6.45) is 0. The second kappa shape index (κ2) is 4.07. The van der Waals surface area contributed by atoms with Gasteiger partial charge in [-0.2, -0.15) is 0 Å². The van der Waals surface area contributed by atoms with Gasteiger partial charge in [0.15, 0.2) is 11.8 Å². The van der Waals surface area contributed by atoms with E-state index in [-0.39, 0.29) is 11.5 Å². The van der Waals surface area contributed by atoms with Crippen molar-refractivity contribution >= 4 is 11.8 Å². The van der Waals surface area contributed by atoms with Crippen molar-refractivity contribution in [1.29, 1.82) is 0 Å². The van der Waals surface area contributed by atoms with Crippen molar-refractivity contribution in [3.63, 3.8) is 0 Å². The molecule has 0 saturated carbocycles. The van der Waals surface area contributed by atoms with Crippen LogP contribution in [0.4, 0.5) is 0 Å². The van der Waals surface area contributed by atoms with Crippen molar-refractivity contribution in [2.75, 3.05) is 19.8 Å². The SMILES string of the molecule is CC(C)C1COC(C(C)(C)C2=NCCO2)=N1. The smallest absolute Gasteiger partial charge is 0.199 e. The highest BCUT2D eigenvalue weighted by Crippen LogP contribution is 2.28. The standard InChI is InChI=1S/C12H20N2O2/c1-8(2)9-7-16-11(14-9)12(3,4)10-13-5-6-15-10/h8-9H,5-7H2,1-4H3. The molecule has 0 N–H and O–H groups in total. The van der Waals surface area contributed by atoms with Gasteiger partial charge in [0, 0.05) is 0 Å². The Hall–Kier alpha value is -1.06. The molecule has 2 aliphatic heterocycles. The van der Waals surface area contributed by atoms with Gasteiger partial charge in [-0.05, 0) is 19.8 Å². The lowest BCUT2D eigenvalue weighted by molar-refractivity contribution is 0.259. The van der Waals surface area contributed by atoms with Crippen LogP contribution in [0.2, 0.25) is 0 Å². The quantitative estimate of drug-likeness (QED) is 0.734. The molecule has 0 aromatic rings. The fourth-order valence-electron chi connectivity index (χ4n) is 1.88. The Morgan fingerprint density at radius 1 is 1.25 bits per heavy atom. The molecule has 4 heteroatoms. The molecular weight excluding hydrogens is 204 g/mol. The van der Waals surface area contributed by atoms with Gasteiger partial charge >= 0.3 is 0 Å². The first kappa shape index (κ1) is 11.4. The molecule has 90 valence electrons. The van der Waals surface area contributed by atoms with Crippen molar-refractivity contribution in [3.8, 4) is 0 Å². The molecule has 1 unspecified atom stereocenters. The van der Waals surface area contributed by atoms with Crippen LogP contribution in [-0.4, -0.2) is 37.6 Å². The molecule has 0 amide bonds. The normalized spacial score (nSPS) is 25.2. The number of hydrogen-bond donors (Lipinski definition) is 0. The molecule has 0 aromatic heterocycles. The minimum Gasteiger partial charge on any atom is -0.478 e. The minimum absolute atomic E-state index is 0.274. The Labute approximate surface area is 96.8 Å². The highest BCUT2D eigenvalue weighted by atomic mass is 16.5. The molecule has 0 bridgehead atoms. The average Bonchev–Trinajstić information content (AvgIpc) is 2.90. The lowest BCUT2D eigenvalue weighted by Crippen LogP contribution is -2.34. The Morgan fingerprint density at radius 3 is 2.50 bits per heavy atom. The summed E-state index contributed by atoms with van der Waals surface area (Å²) in [5.74, 6) is 2.04. The van der Waals surface area contributed by atoms with Crippen LogP contribution < -0.4 is 0 Å². The molecule has 0 spiro atoms. The third-order valence-electron chi connectivity index (χ3n) is 3.10. The highest BCUT2D eigenvalue weighted by molar-refractivity contribution is 6.05. The summed E-state index contributed by atoms with van der Waals surface area (Å²) in [4.78, 5) is 8.99. The van der Waals surface area contributed by atoms with Gasteiger partial charge in [-0.3, -0.25) is 4.99 Å². The second-order valence-electron chi connectivity index (χ2n) is 5.22. The molecule has 0 aliphatic carbocycles. The average molecular weight is 224 g/mol. The van der Waals surface area contributed by atoms with Crippen molar-refractivity contribution in [2.45, 2.75) is 33.7 Å². The summed E-state index contributed by atoms with van der Waals surface area (Å²) in [5, 5.41) is 0. The largest absolute Gasteiger partial charge is 0.478 e. The van der Waals surface area contributed by atoms with Crippen LogP contribution in [0, 0.1) is 11.3 Å². The van der Waals surface area contributed by atoms with Crippen molar-refractivity contribution < 1.29 is 9.47 Å². The number of ether oxygens (including phenoxy) is 2. The van der Waals surface area contributed by atoms with Gasteiger partial charge in [-0.1, -0.05) is 13.8 Å². The van der Waals surface area contributed by atoms with E-state index in [1.54, 1.807) is 0 Å². The van der Waals surface area contributed by atoms with E-state index in [0.29, 0.717) is 19.1 Å². The van der Waals surface area contributed by atoms with Gasteiger partial charge in [-0.15, -0.1) is 0 Å². The second-order valence-corrected chi connectivity index (χ2v) is 5.22. The Kier molecular flexibility index (Phi) is 2.91. The summed E-state index contributed by atoms with van der Waals surface area (Å²) in [6, 6.07) is 0.274. The van der Waals surface area contributed by atoms with Crippen molar-refractivity contribution in [1.82, 2.24) is 0 Å². The number of aliphatic imine (C=N–C) groups is 2. The minimum atomic E-state index is -0.319. The van der Waals surface area contributed by atoms with Crippen LogP contribution in [0.1, 0.15) is 27.7 Å². The molecule has 0 fully saturated rings. The molecule has 4 nitrogen and oxygen atoms in total. The van der Waals surface area contributed by atoms with E-state index in [2.05, 4.69) is 37.7 Å². The summed E-state index contributed by atoms with van der Waals surface area (Å²) in [7, 11) is 0. The summed E-state index contributed by atoms with van der Waals surface area (Å²) < 4.78 is 11.2. The van der Waals surface area contributed by atoms with Crippen LogP contribution in [0.15, 0.2) is 9.98 Å². The molecule has 16 heavy (non-hydrogen) atoms. The van der Waals surface area contributed by atoms with Gasteiger partial charge in [-0.25, -0.2) is 4.99 Å². The van der Waals surface area contributed by atoms with Crippen LogP contribution in [0.3, 0.4) is 0 Å². The van der Waals surface area contributed by atoms with Crippen molar-refractivity contribution in [2.24, 2.45) is 21.3 Å². The van der Waals surface area contributed by atoms with Crippen LogP contribution in [0.5, 0.6) is 0 Å². The predicted octanol–water partition coefficient (Wildman–Crippen LogP) is 1.89. The molecule has 0 radical (unpaired) electrons. The third-order valence-corrected chi connectivity index (χ3v) is 3.10. The fourth-order valence-corrected chi connectivity index (χ4v) is 1.88. The van der Waals surface area contributed by atoms with E-state index >= 15 is 0 Å². The molecule has 0 aromatic carbocycles. The fraction of sp³-hybridized carbons (Fsp3) is 0.833. The predicted molar refractivity (Wildman–Crippen MR) is 64.0 cm³/mol. The van der Waals surface area contributed by atoms with Gasteiger partial charge in [0.2, 0.25) is 0 Å². The Balaban J connectivity index is 2.15. The first-order valence-electron chi connectivity index (χ1n) is 5.90. The van der Waals surface area contributed by atoms with E-state index in [9.17, 15) is 0 Å². The highest BCUT2D eigenvalue weighted by Gasteiger charge is 2.40. The van der Waals surface area contributed by atoms with E-state index in [0.717, 1.165) is 18.3 Å². The van der Waals surface area contributed by atoms with Gasteiger partial charge in [0.25, 0.3) is 0 Å². The van der Waals surface area contributed by atoms with Crippen LogP contribution in [-0.2, 0) is 9.47 Å². The van der Waals surface area contributed by atoms with E-state index < -0.39 is 0 Å². The van der Waals surface area contributed by atoms with Gasteiger partial charge in [0.1, 0.15) is 18.6 Å². The molecule has 2 heterocycles. The lowest BCUT2D eigenvalue weighted by atomic mass is 9.93. The lowest BCUT2D eigenvalue weighted by Gasteiger charge is -2.22. The maximum atomic E-state index is 5.69. The zero-order valence-corrected chi connectivity index (χ0v) is 10.5. The molecule has 2 rings (SSSR count). The Morgan fingerprint density at radius 2 is 2.00 bits per heavy atom. The summed E-state index contributed by atoms with van der Waals surface area (Å²) in [5.41, 5.74) is -0.319. The topological polar surface area (TPSA) is 43.2 Å².